The second-order valence-corrected chi connectivity index (χ2v) is 13.5. The van der Waals surface area contributed by atoms with Crippen LogP contribution in [0.3, 0.4) is 0 Å². The highest BCUT2D eigenvalue weighted by Gasteiger charge is 2.70. The number of fused-ring (bicyclic) bond motifs is 4. The van der Waals surface area contributed by atoms with Crippen LogP contribution in [0.4, 0.5) is 0 Å². The topological polar surface area (TPSA) is 105 Å². The number of methoxy groups -OCH3 is 1. The minimum atomic E-state index is -0.980. The van der Waals surface area contributed by atoms with Gasteiger partial charge in [-0.1, -0.05) is 31.9 Å². The van der Waals surface area contributed by atoms with Crippen molar-refractivity contribution >= 4 is 5.78 Å². The number of phenols is 3. The van der Waals surface area contributed by atoms with Gasteiger partial charge in [0.25, 0.3) is 0 Å². The molecule has 1 saturated carbocycles. The Kier molecular flexibility index (Phi) is 7.13. The van der Waals surface area contributed by atoms with E-state index in [1.807, 2.05) is 39.8 Å². The molecule has 2 bridgehead atoms. The van der Waals surface area contributed by atoms with Gasteiger partial charge in [0.15, 0.2) is 0 Å². The van der Waals surface area contributed by atoms with Crippen molar-refractivity contribution < 1.29 is 34.3 Å². The summed E-state index contributed by atoms with van der Waals surface area (Å²) < 4.78 is 18.9. The maximum absolute atomic E-state index is 13.6. The third-order valence-corrected chi connectivity index (χ3v) is 10.4. The molecule has 0 unspecified atom stereocenters. The van der Waals surface area contributed by atoms with Gasteiger partial charge in [0.05, 0.1) is 12.7 Å². The van der Waals surface area contributed by atoms with E-state index in [0.717, 1.165) is 36.0 Å². The van der Waals surface area contributed by atoms with Crippen LogP contribution in [0.15, 0.2) is 35.9 Å². The first-order valence-corrected chi connectivity index (χ1v) is 14.6. The number of carbonyl (C=O) groups is 1. The van der Waals surface area contributed by atoms with Crippen molar-refractivity contribution in [2.45, 2.75) is 104 Å². The summed E-state index contributed by atoms with van der Waals surface area (Å²) >= 11 is 0. The summed E-state index contributed by atoms with van der Waals surface area (Å²) in [6.45, 7) is 12.2. The molecule has 5 rings (SSSR count). The van der Waals surface area contributed by atoms with E-state index < -0.39 is 16.8 Å². The number of carbonyl (C=O) groups excluding carboxylic acids is 1. The number of phenolic OH excluding ortho intramolecular Hbond substituents is 3. The summed E-state index contributed by atoms with van der Waals surface area (Å²) in [6, 6.07) is 6.55. The van der Waals surface area contributed by atoms with Crippen LogP contribution in [-0.4, -0.2) is 39.6 Å². The van der Waals surface area contributed by atoms with Gasteiger partial charge in [0.1, 0.15) is 34.5 Å². The summed E-state index contributed by atoms with van der Waals surface area (Å²) in [7, 11) is 1.61. The molecule has 2 aliphatic heterocycles. The molecule has 2 aromatic rings. The van der Waals surface area contributed by atoms with Gasteiger partial charge in [-0.05, 0) is 70.1 Å². The van der Waals surface area contributed by atoms with Crippen LogP contribution in [0.1, 0.15) is 95.8 Å². The van der Waals surface area contributed by atoms with Crippen molar-refractivity contribution in [1.29, 1.82) is 0 Å². The molecule has 4 atom stereocenters. The zero-order valence-corrected chi connectivity index (χ0v) is 25.4. The number of ketones is 1. The number of hydrogen-bond donors (Lipinski definition) is 3. The largest absolute Gasteiger partial charge is 0.508 e. The number of rotatable bonds is 8. The number of Topliss-reactive ketones (excluding diaryl/α,β-unsaturated/α-hetero) is 1. The molecule has 7 heteroatoms. The molecule has 2 heterocycles. The lowest BCUT2D eigenvalue weighted by Gasteiger charge is -2.53. The fraction of sp³-hybridized carbons (Fsp3) is 0.559. The van der Waals surface area contributed by atoms with Crippen LogP contribution in [0.25, 0.3) is 0 Å². The van der Waals surface area contributed by atoms with Crippen LogP contribution >= 0.6 is 0 Å². The summed E-state index contributed by atoms with van der Waals surface area (Å²) in [5.74, 6) is 0.457. The fourth-order valence-electron chi connectivity index (χ4n) is 7.82. The molecule has 222 valence electrons. The zero-order chi connectivity index (χ0) is 30.0. The highest BCUT2D eigenvalue weighted by atomic mass is 16.7. The lowest BCUT2D eigenvalue weighted by molar-refractivity contribution is -0.279. The summed E-state index contributed by atoms with van der Waals surface area (Å²) in [4.78, 5) is 13.6. The van der Waals surface area contributed by atoms with Gasteiger partial charge < -0.3 is 29.5 Å². The van der Waals surface area contributed by atoms with Gasteiger partial charge in [-0.15, -0.1) is 0 Å². The van der Waals surface area contributed by atoms with Gasteiger partial charge in [-0.25, -0.2) is 0 Å². The van der Waals surface area contributed by atoms with Crippen LogP contribution in [-0.2, 0) is 16.0 Å². The van der Waals surface area contributed by atoms with Gasteiger partial charge >= 0.3 is 0 Å². The molecule has 0 aromatic heterocycles. The van der Waals surface area contributed by atoms with E-state index in [2.05, 4.69) is 13.8 Å². The van der Waals surface area contributed by atoms with Crippen molar-refractivity contribution in [2.75, 3.05) is 7.11 Å². The second kappa shape index (κ2) is 9.97. The van der Waals surface area contributed by atoms with E-state index in [4.69, 9.17) is 14.2 Å². The smallest absolute Gasteiger partial charge is 0.217 e. The quantitative estimate of drug-likeness (QED) is 0.291. The molecule has 7 nitrogen and oxygen atoms in total. The van der Waals surface area contributed by atoms with Crippen LogP contribution in [0.5, 0.6) is 28.7 Å². The Morgan fingerprint density at radius 1 is 1.10 bits per heavy atom. The van der Waals surface area contributed by atoms with Gasteiger partial charge in [0, 0.05) is 53.9 Å². The SMILES string of the molecule is COc1cc(C)c(O)c(C/C=C(\C)CC(=O)C[C@]2(C)CCC[C@]2(C)[C@]23C[C@H](c4c(O)cc(O)cc4O2)C(C)(C)O3)c1. The third-order valence-electron chi connectivity index (χ3n) is 10.4. The van der Waals surface area contributed by atoms with E-state index in [0.29, 0.717) is 42.7 Å². The van der Waals surface area contributed by atoms with Gasteiger partial charge in [-0.2, -0.15) is 0 Å². The van der Waals surface area contributed by atoms with Crippen molar-refractivity contribution in [1.82, 2.24) is 0 Å². The van der Waals surface area contributed by atoms with E-state index >= 15 is 0 Å². The first-order chi connectivity index (χ1) is 19.1. The van der Waals surface area contributed by atoms with Crippen molar-refractivity contribution in [3.8, 4) is 28.7 Å². The highest BCUT2D eigenvalue weighted by Crippen LogP contribution is 2.70. The summed E-state index contributed by atoms with van der Waals surface area (Å²) in [5.41, 5.74) is 1.73. The monoisotopic (exact) mass is 564 g/mol. The summed E-state index contributed by atoms with van der Waals surface area (Å²) in [5, 5.41) is 31.4. The predicted octanol–water partition coefficient (Wildman–Crippen LogP) is 7.23. The van der Waals surface area contributed by atoms with E-state index in [1.165, 1.54) is 6.07 Å². The molecule has 1 saturated heterocycles. The van der Waals surface area contributed by atoms with Gasteiger partial charge in [-0.3, -0.25) is 4.79 Å². The Morgan fingerprint density at radius 3 is 2.54 bits per heavy atom. The molecule has 41 heavy (non-hydrogen) atoms. The third kappa shape index (κ3) is 4.76. The number of allylic oxidation sites excluding steroid dienone is 2. The number of aryl methyl sites for hydroxylation is 1. The van der Waals surface area contributed by atoms with Crippen molar-refractivity contribution in [3.05, 3.63) is 52.6 Å². The summed E-state index contributed by atoms with van der Waals surface area (Å²) in [6.07, 6.45) is 6.52. The lowest BCUT2D eigenvalue weighted by atomic mass is 9.59. The molecule has 0 spiro atoms. The Bertz CT molecular complexity index is 1410. The highest BCUT2D eigenvalue weighted by molar-refractivity contribution is 5.81. The first-order valence-electron chi connectivity index (χ1n) is 14.6. The van der Waals surface area contributed by atoms with Gasteiger partial charge in [0.2, 0.25) is 5.79 Å². The van der Waals surface area contributed by atoms with Crippen LogP contribution in [0, 0.1) is 17.8 Å². The average molecular weight is 565 g/mol. The maximum Gasteiger partial charge on any atom is 0.217 e. The Hall–Kier alpha value is -3.19. The van der Waals surface area contributed by atoms with Crippen molar-refractivity contribution in [2.24, 2.45) is 10.8 Å². The number of hydrogen-bond acceptors (Lipinski definition) is 7. The number of benzene rings is 2. The first kappa shape index (κ1) is 29.3. The van der Waals surface area contributed by atoms with Crippen LogP contribution in [0.2, 0.25) is 0 Å². The standard InChI is InChI=1S/C34H44O7/c1-20(9-10-22-15-25(39-7)14-21(2)30(22)38)13-24(36)18-32(5)11-8-12-33(32,6)34-19-26(31(3,4)41-34)29-27(37)16-23(35)17-28(29)40-34/h9,14-17,26,35,37-38H,8,10-13,18-19H2,1-7H3/b20-9+/t26-,32+,33+,34-/m1/s1. The van der Waals surface area contributed by atoms with E-state index in [9.17, 15) is 20.1 Å². The molecule has 3 N–H and O–H groups in total. The van der Waals surface area contributed by atoms with E-state index in [-0.39, 0.29) is 34.4 Å². The molecule has 0 amide bonds. The minimum absolute atomic E-state index is 0.0198. The molecule has 2 fully saturated rings. The Morgan fingerprint density at radius 2 is 1.83 bits per heavy atom. The molecule has 0 radical (unpaired) electrons. The molecular formula is C34H44O7. The molecule has 1 aliphatic carbocycles. The zero-order valence-electron chi connectivity index (χ0n) is 25.4. The Labute approximate surface area is 243 Å². The fourth-order valence-corrected chi connectivity index (χ4v) is 7.82. The number of ether oxygens (including phenoxy) is 3. The minimum Gasteiger partial charge on any atom is -0.508 e. The molecule has 2 aromatic carbocycles. The second-order valence-electron chi connectivity index (χ2n) is 13.5. The van der Waals surface area contributed by atoms with Crippen LogP contribution < -0.4 is 9.47 Å². The molecule has 3 aliphatic rings. The van der Waals surface area contributed by atoms with E-state index in [1.54, 1.807) is 19.2 Å². The molecular weight excluding hydrogens is 520 g/mol. The number of aromatic hydroxyl groups is 3. The average Bonchev–Trinajstić information content (AvgIpc) is 3.29. The van der Waals surface area contributed by atoms with Crippen molar-refractivity contribution in [3.63, 3.8) is 0 Å². The predicted molar refractivity (Wildman–Crippen MR) is 157 cm³/mol. The lowest BCUT2D eigenvalue weighted by Crippen LogP contribution is -2.58. The Balaban J connectivity index is 1.37. The maximum atomic E-state index is 13.6. The normalized spacial score (nSPS) is 30.1.